The summed E-state index contributed by atoms with van der Waals surface area (Å²) in [6.07, 6.45) is 1.50. The van der Waals surface area contributed by atoms with Gasteiger partial charge < -0.3 is 5.32 Å². The van der Waals surface area contributed by atoms with Crippen molar-refractivity contribution in [3.05, 3.63) is 63.2 Å². The molecule has 3 amide bonds. The second-order valence-corrected chi connectivity index (χ2v) is 8.98. The van der Waals surface area contributed by atoms with Crippen molar-refractivity contribution in [2.45, 2.75) is 24.4 Å². The molecule has 4 heterocycles. The molecule has 10 heteroatoms. The molecule has 4 aliphatic heterocycles. The summed E-state index contributed by atoms with van der Waals surface area (Å²) in [5.41, 5.74) is -0.245. The molecule has 9 nitrogen and oxygen atoms in total. The van der Waals surface area contributed by atoms with Crippen molar-refractivity contribution in [3.8, 4) is 0 Å². The Morgan fingerprint density at radius 2 is 1.91 bits per heavy atom. The molecule has 2 aromatic carbocycles. The summed E-state index contributed by atoms with van der Waals surface area (Å²) >= 11 is 6.28. The number of benzene rings is 2. The van der Waals surface area contributed by atoms with Gasteiger partial charge in [0.2, 0.25) is 17.7 Å². The van der Waals surface area contributed by atoms with Crippen LogP contribution in [0.2, 0.25) is 5.02 Å². The van der Waals surface area contributed by atoms with Crippen LogP contribution in [0.5, 0.6) is 0 Å². The minimum atomic E-state index is -1.28. The van der Waals surface area contributed by atoms with Crippen molar-refractivity contribution in [1.82, 2.24) is 4.90 Å². The van der Waals surface area contributed by atoms with Crippen LogP contribution in [-0.4, -0.2) is 40.1 Å². The molecule has 0 aromatic heterocycles. The number of halogens is 1. The maximum atomic E-state index is 13.8. The normalized spacial score (nSPS) is 30.6. The second kappa shape index (κ2) is 6.36. The maximum absolute atomic E-state index is 13.8. The van der Waals surface area contributed by atoms with Gasteiger partial charge in [-0.15, -0.1) is 0 Å². The van der Waals surface area contributed by atoms with E-state index in [-0.39, 0.29) is 28.3 Å². The van der Waals surface area contributed by atoms with Crippen LogP contribution in [0.25, 0.3) is 0 Å². The summed E-state index contributed by atoms with van der Waals surface area (Å²) in [6, 6.07) is 10.6. The molecular weight excluding hydrogens is 436 g/mol. The highest BCUT2D eigenvalue weighted by Gasteiger charge is 2.74. The zero-order valence-corrected chi connectivity index (χ0v) is 17.4. The van der Waals surface area contributed by atoms with Gasteiger partial charge in [0.25, 0.3) is 5.69 Å². The lowest BCUT2D eigenvalue weighted by Crippen LogP contribution is -2.54. The Morgan fingerprint density at radius 3 is 2.69 bits per heavy atom. The van der Waals surface area contributed by atoms with Crippen molar-refractivity contribution in [2.24, 2.45) is 11.8 Å². The molecule has 2 aromatic rings. The molecule has 0 unspecified atom stereocenters. The Kier molecular flexibility index (Phi) is 3.86. The van der Waals surface area contributed by atoms with Crippen LogP contribution < -0.4 is 10.2 Å². The molecule has 0 saturated carbocycles. The quantitative estimate of drug-likeness (QED) is 0.426. The van der Waals surface area contributed by atoms with Crippen LogP contribution in [0.1, 0.15) is 18.4 Å². The molecule has 4 atom stereocenters. The van der Waals surface area contributed by atoms with Crippen molar-refractivity contribution in [1.29, 1.82) is 0 Å². The summed E-state index contributed by atoms with van der Waals surface area (Å²) in [7, 11) is 0. The van der Waals surface area contributed by atoms with Crippen LogP contribution >= 0.6 is 11.6 Å². The summed E-state index contributed by atoms with van der Waals surface area (Å²) in [4.78, 5) is 54.7. The van der Waals surface area contributed by atoms with Crippen molar-refractivity contribution < 1.29 is 19.3 Å². The van der Waals surface area contributed by atoms with Crippen LogP contribution in [0.3, 0.4) is 0 Å². The number of nitrogens with one attached hydrogen (secondary N) is 1. The number of non-ortho nitro benzene ring substituents is 1. The van der Waals surface area contributed by atoms with Crippen molar-refractivity contribution in [3.63, 3.8) is 0 Å². The molecule has 1 N–H and O–H groups in total. The van der Waals surface area contributed by atoms with Gasteiger partial charge >= 0.3 is 0 Å². The molecule has 6 rings (SSSR count). The zero-order chi connectivity index (χ0) is 22.4. The molecule has 0 radical (unpaired) electrons. The average Bonchev–Trinajstić information content (AvgIpc) is 3.47. The Balaban J connectivity index is 1.55. The number of carbonyl (C=O) groups excluding carboxylic acids is 3. The predicted molar refractivity (Wildman–Crippen MR) is 114 cm³/mol. The number of hydrogen-bond acceptors (Lipinski definition) is 6. The monoisotopic (exact) mass is 452 g/mol. The number of para-hydroxylation sites is 1. The minimum absolute atomic E-state index is 0.0170. The van der Waals surface area contributed by atoms with E-state index in [1.807, 2.05) is 23.1 Å². The Hall–Kier alpha value is -3.30. The third kappa shape index (κ3) is 2.14. The first-order valence-corrected chi connectivity index (χ1v) is 10.7. The molecule has 4 aliphatic rings. The lowest BCUT2D eigenvalue weighted by molar-refractivity contribution is -0.384. The number of nitrogens with zero attached hydrogens (tertiary/aromatic N) is 3. The van der Waals surface area contributed by atoms with E-state index < -0.39 is 34.1 Å². The number of hydrogen-bond donors (Lipinski definition) is 1. The van der Waals surface area contributed by atoms with Crippen molar-refractivity contribution >= 4 is 46.4 Å². The predicted octanol–water partition coefficient (Wildman–Crippen LogP) is 2.68. The zero-order valence-electron chi connectivity index (χ0n) is 16.7. The van der Waals surface area contributed by atoms with Crippen molar-refractivity contribution in [2.75, 3.05) is 16.8 Å². The SMILES string of the molecule is O=C1[C@@H]2[C@@H]3CCCN3[C@]3(C(=O)Nc4ccccc43)[C@H]2C(=O)N1c1cc([N+](=O)[O-])ccc1Cl. The first kappa shape index (κ1) is 19.4. The molecule has 0 aliphatic carbocycles. The third-order valence-electron chi connectivity index (χ3n) is 7.28. The fourth-order valence-electron chi connectivity index (χ4n) is 6.18. The second-order valence-electron chi connectivity index (χ2n) is 8.58. The highest BCUT2D eigenvalue weighted by atomic mass is 35.5. The number of imide groups is 1. The number of carbonyl (C=O) groups is 3. The average molecular weight is 453 g/mol. The van der Waals surface area contributed by atoms with E-state index in [1.54, 1.807) is 6.07 Å². The summed E-state index contributed by atoms with van der Waals surface area (Å²) in [6.45, 7) is 0.609. The molecule has 0 bridgehead atoms. The van der Waals surface area contributed by atoms with Gasteiger partial charge in [0.15, 0.2) is 0 Å². The summed E-state index contributed by atoms with van der Waals surface area (Å²) < 4.78 is 0. The minimum Gasteiger partial charge on any atom is -0.324 e. The first-order chi connectivity index (χ1) is 15.4. The topological polar surface area (TPSA) is 113 Å². The van der Waals surface area contributed by atoms with Gasteiger partial charge in [-0.1, -0.05) is 29.8 Å². The third-order valence-corrected chi connectivity index (χ3v) is 7.60. The smallest absolute Gasteiger partial charge is 0.271 e. The highest BCUT2D eigenvalue weighted by molar-refractivity contribution is 6.36. The lowest BCUT2D eigenvalue weighted by atomic mass is 9.75. The van der Waals surface area contributed by atoms with Crippen LogP contribution in [0, 0.1) is 22.0 Å². The number of amides is 3. The highest BCUT2D eigenvalue weighted by Crippen LogP contribution is 2.60. The van der Waals surface area contributed by atoms with E-state index in [4.69, 9.17) is 11.6 Å². The fraction of sp³-hybridized carbons (Fsp3) is 0.318. The number of anilines is 2. The summed E-state index contributed by atoms with van der Waals surface area (Å²) in [5, 5.41) is 14.3. The molecular formula is C22H17ClN4O5. The lowest BCUT2D eigenvalue weighted by Gasteiger charge is -2.36. The van der Waals surface area contributed by atoms with E-state index in [1.165, 1.54) is 12.1 Å². The van der Waals surface area contributed by atoms with Gasteiger partial charge in [0, 0.05) is 29.4 Å². The van der Waals surface area contributed by atoms with E-state index in [9.17, 15) is 24.5 Å². The fourth-order valence-corrected chi connectivity index (χ4v) is 6.38. The van der Waals surface area contributed by atoms with Gasteiger partial charge in [0.05, 0.1) is 27.5 Å². The van der Waals surface area contributed by atoms with Gasteiger partial charge in [0.1, 0.15) is 5.54 Å². The Bertz CT molecular complexity index is 1250. The maximum Gasteiger partial charge on any atom is 0.271 e. The number of nitro groups is 1. The largest absolute Gasteiger partial charge is 0.324 e. The number of rotatable bonds is 2. The molecule has 1 spiro atoms. The number of fused-ring (bicyclic) bond motifs is 7. The first-order valence-electron chi connectivity index (χ1n) is 10.4. The van der Waals surface area contributed by atoms with Gasteiger partial charge in [-0.25, -0.2) is 4.90 Å². The van der Waals surface area contributed by atoms with Gasteiger partial charge in [-0.05, 0) is 31.5 Å². The van der Waals surface area contributed by atoms with Crippen LogP contribution in [0.15, 0.2) is 42.5 Å². The molecule has 162 valence electrons. The van der Waals surface area contributed by atoms with Gasteiger partial charge in [-0.2, -0.15) is 0 Å². The standard InChI is InChI=1S/C22H17ClN4O5/c23-13-8-7-11(27(31)32)10-16(13)26-19(28)17-15-6-3-9-25(15)22(18(17)20(26)29)12-4-1-2-5-14(12)24-21(22)30/h1-2,4-5,7-8,10,15,17-18H,3,6,9H2,(H,24,30)/t15-,17+,18+,22-/m0/s1. The summed E-state index contributed by atoms with van der Waals surface area (Å²) in [5.74, 6) is -2.99. The molecule has 3 saturated heterocycles. The Labute approximate surface area is 187 Å². The molecule has 32 heavy (non-hydrogen) atoms. The van der Waals surface area contributed by atoms with E-state index in [2.05, 4.69) is 5.32 Å². The number of nitro benzene ring substituents is 1. The van der Waals surface area contributed by atoms with E-state index >= 15 is 0 Å². The van der Waals surface area contributed by atoms with Crippen LogP contribution in [-0.2, 0) is 19.9 Å². The van der Waals surface area contributed by atoms with Crippen LogP contribution in [0.4, 0.5) is 17.1 Å². The Morgan fingerprint density at radius 1 is 1.12 bits per heavy atom. The molecule has 3 fully saturated rings. The van der Waals surface area contributed by atoms with Gasteiger partial charge in [-0.3, -0.25) is 29.4 Å². The van der Waals surface area contributed by atoms with E-state index in [0.717, 1.165) is 17.4 Å². The van der Waals surface area contributed by atoms with E-state index in [0.29, 0.717) is 24.2 Å².